The fraction of sp³-hybridized carbons (Fsp3) is 0.692. The zero-order valence-electron chi connectivity index (χ0n) is 13.8. The molecule has 0 atom stereocenters. The van der Waals surface area contributed by atoms with Crippen molar-refractivity contribution in [1.29, 1.82) is 0 Å². The molecule has 1 rings (SSSR count). The third-order valence-electron chi connectivity index (χ3n) is 2.98. The molecule has 0 saturated heterocycles. The summed E-state index contributed by atoms with van der Waals surface area (Å²) in [4.78, 5) is 7.24. The Morgan fingerprint density at radius 3 is 2.52 bits per heavy atom. The van der Waals surface area contributed by atoms with Crippen LogP contribution in [-0.4, -0.2) is 72.5 Å². The summed E-state index contributed by atoms with van der Waals surface area (Å²) in [6.07, 6.45) is -0.505. The van der Waals surface area contributed by atoms with E-state index in [2.05, 4.69) is 15.4 Å². The summed E-state index contributed by atoms with van der Waals surface area (Å²) in [7, 11) is 6.79. The number of likely N-dealkylation sites (N-methyl/N-ethyl adjacent to an activating group) is 1. The van der Waals surface area contributed by atoms with Crippen molar-refractivity contribution in [3.05, 3.63) is 18.0 Å². The predicted molar refractivity (Wildman–Crippen MR) is 95.0 cm³/mol. The maximum Gasteiger partial charge on any atom is 0.401 e. The van der Waals surface area contributed by atoms with Crippen LogP contribution in [0.5, 0.6) is 0 Å². The van der Waals surface area contributed by atoms with Gasteiger partial charge in [0.2, 0.25) is 0 Å². The first-order valence-corrected chi connectivity index (χ1v) is 6.86. The van der Waals surface area contributed by atoms with E-state index in [1.54, 1.807) is 17.9 Å². The third-order valence-corrected chi connectivity index (χ3v) is 2.98. The molecule has 1 heterocycles. The SMILES string of the molecule is CN=C(NCCN(C)CC(F)(F)F)N(C)Cc1cnn(C)c1.I. The zero-order chi connectivity index (χ0) is 16.8. The van der Waals surface area contributed by atoms with Crippen LogP contribution in [0.25, 0.3) is 0 Å². The number of hydrogen-bond acceptors (Lipinski definition) is 3. The Balaban J connectivity index is 0.00000484. The lowest BCUT2D eigenvalue weighted by Crippen LogP contribution is -2.43. The molecule has 23 heavy (non-hydrogen) atoms. The van der Waals surface area contributed by atoms with Gasteiger partial charge in [0, 0.05) is 52.5 Å². The molecule has 6 nitrogen and oxygen atoms in total. The highest BCUT2D eigenvalue weighted by Crippen LogP contribution is 2.14. The number of nitrogens with one attached hydrogen (secondary N) is 1. The summed E-state index contributed by atoms with van der Waals surface area (Å²) in [5, 5.41) is 7.14. The highest BCUT2D eigenvalue weighted by Gasteiger charge is 2.28. The van der Waals surface area contributed by atoms with E-state index in [0.29, 0.717) is 19.0 Å². The molecule has 0 aliphatic rings. The van der Waals surface area contributed by atoms with Gasteiger partial charge in [-0.15, -0.1) is 24.0 Å². The lowest BCUT2D eigenvalue weighted by molar-refractivity contribution is -0.142. The molecule has 0 radical (unpaired) electrons. The Morgan fingerprint density at radius 1 is 1.39 bits per heavy atom. The van der Waals surface area contributed by atoms with E-state index in [-0.39, 0.29) is 30.5 Å². The molecule has 1 aromatic rings. The molecule has 0 saturated carbocycles. The molecular weight excluding hydrogens is 424 g/mol. The minimum atomic E-state index is -4.17. The van der Waals surface area contributed by atoms with Crippen molar-refractivity contribution in [2.45, 2.75) is 12.7 Å². The van der Waals surface area contributed by atoms with Gasteiger partial charge in [-0.2, -0.15) is 18.3 Å². The minimum Gasteiger partial charge on any atom is -0.355 e. The first kappa shape index (κ1) is 22.0. The maximum absolute atomic E-state index is 12.2. The second kappa shape index (κ2) is 9.96. The van der Waals surface area contributed by atoms with Crippen LogP contribution in [0.1, 0.15) is 5.56 Å². The summed E-state index contributed by atoms with van der Waals surface area (Å²) in [5.41, 5.74) is 1.03. The molecule has 0 bridgehead atoms. The van der Waals surface area contributed by atoms with Crippen molar-refractivity contribution in [3.63, 3.8) is 0 Å². The van der Waals surface area contributed by atoms with Gasteiger partial charge in [0.05, 0.1) is 12.7 Å². The summed E-state index contributed by atoms with van der Waals surface area (Å²) in [6, 6.07) is 0. The van der Waals surface area contributed by atoms with Crippen LogP contribution in [0.15, 0.2) is 17.4 Å². The molecule has 10 heteroatoms. The fourth-order valence-corrected chi connectivity index (χ4v) is 2.03. The first-order chi connectivity index (χ1) is 10.2. The molecular formula is C13H24F3IN6. The maximum atomic E-state index is 12.2. The van der Waals surface area contributed by atoms with Crippen molar-refractivity contribution < 1.29 is 13.2 Å². The number of aliphatic imine (C=N–C) groups is 1. The van der Waals surface area contributed by atoms with Gasteiger partial charge in [0.25, 0.3) is 0 Å². The van der Waals surface area contributed by atoms with Gasteiger partial charge in [-0.1, -0.05) is 0 Å². The summed E-state index contributed by atoms with van der Waals surface area (Å²) in [5.74, 6) is 0.629. The van der Waals surface area contributed by atoms with Gasteiger partial charge in [-0.3, -0.25) is 14.6 Å². The molecule has 0 aliphatic carbocycles. The van der Waals surface area contributed by atoms with Crippen molar-refractivity contribution in [2.75, 3.05) is 40.8 Å². The van der Waals surface area contributed by atoms with E-state index in [0.717, 1.165) is 5.56 Å². The molecule has 0 amide bonds. The molecule has 0 aromatic carbocycles. The van der Waals surface area contributed by atoms with E-state index in [4.69, 9.17) is 0 Å². The monoisotopic (exact) mass is 448 g/mol. The van der Waals surface area contributed by atoms with Crippen LogP contribution >= 0.6 is 24.0 Å². The number of guanidine groups is 1. The van der Waals surface area contributed by atoms with Crippen LogP contribution < -0.4 is 5.32 Å². The normalized spacial score (nSPS) is 12.3. The van der Waals surface area contributed by atoms with Crippen molar-refractivity contribution in [2.24, 2.45) is 12.0 Å². The second-order valence-electron chi connectivity index (χ2n) is 5.21. The van der Waals surface area contributed by atoms with Gasteiger partial charge in [0.15, 0.2) is 5.96 Å². The van der Waals surface area contributed by atoms with Gasteiger partial charge < -0.3 is 10.2 Å². The number of alkyl halides is 3. The fourth-order valence-electron chi connectivity index (χ4n) is 2.03. The lowest BCUT2D eigenvalue weighted by atomic mass is 10.3. The molecule has 0 unspecified atom stereocenters. The average molecular weight is 448 g/mol. The van der Waals surface area contributed by atoms with Crippen molar-refractivity contribution >= 4 is 29.9 Å². The smallest absolute Gasteiger partial charge is 0.355 e. The summed E-state index contributed by atoms with van der Waals surface area (Å²) < 4.78 is 38.4. The van der Waals surface area contributed by atoms with Crippen LogP contribution in [0.2, 0.25) is 0 Å². The highest BCUT2D eigenvalue weighted by atomic mass is 127. The van der Waals surface area contributed by atoms with Crippen LogP contribution in [0.4, 0.5) is 13.2 Å². The van der Waals surface area contributed by atoms with Gasteiger partial charge in [0.1, 0.15) is 0 Å². The number of nitrogens with zero attached hydrogens (tertiary/aromatic N) is 5. The van der Waals surface area contributed by atoms with E-state index in [9.17, 15) is 13.2 Å². The van der Waals surface area contributed by atoms with Gasteiger partial charge in [-0.05, 0) is 7.05 Å². The highest BCUT2D eigenvalue weighted by molar-refractivity contribution is 14.0. The molecule has 1 aromatic heterocycles. The standard InChI is InChI=1S/C13H23F3N6.HI/c1-17-12(18-5-6-20(2)10-13(14,15)16)21(3)8-11-7-19-22(4)9-11;/h7,9H,5-6,8,10H2,1-4H3,(H,17,18);1H. The van der Waals surface area contributed by atoms with E-state index in [1.807, 2.05) is 25.2 Å². The Morgan fingerprint density at radius 2 is 2.04 bits per heavy atom. The van der Waals surface area contributed by atoms with Crippen LogP contribution in [0, 0.1) is 0 Å². The van der Waals surface area contributed by atoms with E-state index < -0.39 is 12.7 Å². The molecule has 134 valence electrons. The quantitative estimate of drug-likeness (QED) is 0.408. The molecule has 0 aliphatic heterocycles. The number of rotatable bonds is 6. The van der Waals surface area contributed by atoms with Gasteiger partial charge >= 0.3 is 6.18 Å². The second-order valence-corrected chi connectivity index (χ2v) is 5.21. The summed E-state index contributed by atoms with van der Waals surface area (Å²) >= 11 is 0. The predicted octanol–water partition coefficient (Wildman–Crippen LogP) is 1.54. The van der Waals surface area contributed by atoms with Crippen LogP contribution in [-0.2, 0) is 13.6 Å². The Bertz CT molecular complexity index is 488. The van der Waals surface area contributed by atoms with Crippen LogP contribution in [0.3, 0.4) is 0 Å². The molecule has 0 spiro atoms. The first-order valence-electron chi connectivity index (χ1n) is 6.86. The van der Waals surface area contributed by atoms with Crippen molar-refractivity contribution in [1.82, 2.24) is 24.9 Å². The van der Waals surface area contributed by atoms with Gasteiger partial charge in [-0.25, -0.2) is 0 Å². The van der Waals surface area contributed by atoms with E-state index >= 15 is 0 Å². The number of halogens is 4. The number of aryl methyl sites for hydroxylation is 1. The number of hydrogen-bond donors (Lipinski definition) is 1. The Hall–Kier alpha value is -1.04. The molecule has 0 fully saturated rings. The molecule has 1 N–H and O–H groups in total. The third kappa shape index (κ3) is 8.98. The minimum absolute atomic E-state index is 0. The number of aromatic nitrogens is 2. The van der Waals surface area contributed by atoms with Crippen molar-refractivity contribution in [3.8, 4) is 0 Å². The largest absolute Gasteiger partial charge is 0.401 e. The summed E-state index contributed by atoms with van der Waals surface area (Å²) in [6.45, 7) is 0.362. The Labute approximate surface area is 151 Å². The Kier molecular flexibility index (Phi) is 9.51. The lowest BCUT2D eigenvalue weighted by Gasteiger charge is -2.23. The average Bonchev–Trinajstić information content (AvgIpc) is 2.77. The zero-order valence-corrected chi connectivity index (χ0v) is 16.1. The topological polar surface area (TPSA) is 48.7 Å². The van der Waals surface area contributed by atoms with E-state index in [1.165, 1.54) is 11.9 Å².